The molecule has 3 aromatic rings. The molecule has 1 aromatic carbocycles. The molecule has 0 spiro atoms. The van der Waals surface area contributed by atoms with E-state index in [1.165, 1.54) is 0 Å². The Kier molecular flexibility index (Phi) is 5.01. The maximum atomic E-state index is 12.1. The molecule has 3 rings (SSSR count). The first-order valence-electron chi connectivity index (χ1n) is 7.76. The molecule has 0 aliphatic rings. The number of benzene rings is 1. The van der Waals surface area contributed by atoms with Gasteiger partial charge in [-0.05, 0) is 36.8 Å². The van der Waals surface area contributed by atoms with E-state index in [9.17, 15) is 4.79 Å². The number of imidazole rings is 1. The van der Waals surface area contributed by atoms with Crippen molar-refractivity contribution < 1.29 is 9.53 Å². The quantitative estimate of drug-likeness (QED) is 0.699. The predicted octanol–water partition coefficient (Wildman–Crippen LogP) is 3.25. The van der Waals surface area contributed by atoms with Gasteiger partial charge in [0.2, 0.25) is 5.91 Å². The number of fused-ring (bicyclic) bond motifs is 1. The summed E-state index contributed by atoms with van der Waals surface area (Å²) in [6.45, 7) is 2.94. The molecule has 0 radical (unpaired) electrons. The molecule has 5 nitrogen and oxygen atoms in total. The number of halogens is 1. The van der Waals surface area contributed by atoms with E-state index in [2.05, 4.69) is 10.3 Å². The standard InChI is InChI=1S/C18H18ClN3O2/c1-2-24-15-8-6-13(7-9-15)10-18(23)20-11-14-12-22-16(19)4-3-5-17(22)21-14/h3-9,12H,2,10-11H2,1H3,(H,20,23). The molecule has 124 valence electrons. The smallest absolute Gasteiger partial charge is 0.224 e. The predicted molar refractivity (Wildman–Crippen MR) is 93.4 cm³/mol. The Labute approximate surface area is 145 Å². The number of carbonyl (C=O) groups excluding carboxylic acids is 1. The number of carbonyl (C=O) groups is 1. The largest absolute Gasteiger partial charge is 0.494 e. The Hall–Kier alpha value is -2.53. The molecular weight excluding hydrogens is 326 g/mol. The van der Waals surface area contributed by atoms with Crippen LogP contribution in [0.1, 0.15) is 18.2 Å². The molecule has 1 amide bonds. The minimum Gasteiger partial charge on any atom is -0.494 e. The summed E-state index contributed by atoms with van der Waals surface area (Å²) in [5.41, 5.74) is 2.47. The van der Waals surface area contributed by atoms with Crippen molar-refractivity contribution in [2.45, 2.75) is 19.9 Å². The third-order valence-corrected chi connectivity index (χ3v) is 3.87. The average molecular weight is 344 g/mol. The molecule has 0 aliphatic heterocycles. The summed E-state index contributed by atoms with van der Waals surface area (Å²) < 4.78 is 7.17. The van der Waals surface area contributed by atoms with Gasteiger partial charge in [-0.3, -0.25) is 9.20 Å². The molecule has 2 aromatic heterocycles. The highest BCUT2D eigenvalue weighted by Crippen LogP contribution is 2.14. The number of rotatable bonds is 6. The molecule has 2 heterocycles. The van der Waals surface area contributed by atoms with Crippen LogP contribution in [0.15, 0.2) is 48.7 Å². The fourth-order valence-electron chi connectivity index (χ4n) is 2.42. The Bertz CT molecular complexity index is 843. The second-order valence-corrected chi connectivity index (χ2v) is 5.73. The number of hydrogen-bond donors (Lipinski definition) is 1. The van der Waals surface area contributed by atoms with Crippen LogP contribution >= 0.6 is 11.6 Å². The van der Waals surface area contributed by atoms with Gasteiger partial charge in [-0.1, -0.05) is 29.8 Å². The summed E-state index contributed by atoms with van der Waals surface area (Å²) in [4.78, 5) is 16.5. The summed E-state index contributed by atoms with van der Waals surface area (Å²) in [5, 5.41) is 3.47. The summed E-state index contributed by atoms with van der Waals surface area (Å²) in [6, 6.07) is 13.1. The van der Waals surface area contributed by atoms with Crippen LogP contribution in [0.3, 0.4) is 0 Å². The van der Waals surface area contributed by atoms with E-state index < -0.39 is 0 Å². The lowest BCUT2D eigenvalue weighted by atomic mass is 10.1. The second-order valence-electron chi connectivity index (χ2n) is 5.34. The number of amides is 1. The molecule has 0 unspecified atom stereocenters. The lowest BCUT2D eigenvalue weighted by Crippen LogP contribution is -2.24. The Morgan fingerprint density at radius 1 is 1.25 bits per heavy atom. The van der Waals surface area contributed by atoms with Crippen LogP contribution in [0.5, 0.6) is 5.75 Å². The van der Waals surface area contributed by atoms with Crippen LogP contribution in [0.4, 0.5) is 0 Å². The molecule has 0 aliphatic carbocycles. The molecule has 0 saturated heterocycles. The number of nitrogens with one attached hydrogen (secondary N) is 1. The van der Waals surface area contributed by atoms with Gasteiger partial charge in [0, 0.05) is 6.20 Å². The van der Waals surface area contributed by atoms with Gasteiger partial charge in [0.25, 0.3) is 0 Å². The first-order valence-corrected chi connectivity index (χ1v) is 8.14. The van der Waals surface area contributed by atoms with Gasteiger partial charge < -0.3 is 10.1 Å². The van der Waals surface area contributed by atoms with E-state index in [0.29, 0.717) is 24.7 Å². The molecule has 0 atom stereocenters. The van der Waals surface area contributed by atoms with Crippen molar-refractivity contribution in [3.63, 3.8) is 0 Å². The van der Waals surface area contributed by atoms with E-state index in [4.69, 9.17) is 16.3 Å². The lowest BCUT2D eigenvalue weighted by Gasteiger charge is -2.05. The van der Waals surface area contributed by atoms with Gasteiger partial charge >= 0.3 is 0 Å². The Morgan fingerprint density at radius 2 is 2.04 bits per heavy atom. The number of pyridine rings is 1. The van der Waals surface area contributed by atoms with Crippen molar-refractivity contribution >= 4 is 23.2 Å². The minimum absolute atomic E-state index is 0.0534. The number of ether oxygens (including phenoxy) is 1. The van der Waals surface area contributed by atoms with E-state index in [0.717, 1.165) is 22.7 Å². The van der Waals surface area contributed by atoms with Gasteiger partial charge in [0.15, 0.2) is 0 Å². The van der Waals surface area contributed by atoms with Crippen LogP contribution in [-0.2, 0) is 17.8 Å². The van der Waals surface area contributed by atoms with Crippen LogP contribution in [0.25, 0.3) is 5.65 Å². The number of hydrogen-bond acceptors (Lipinski definition) is 3. The van der Waals surface area contributed by atoms with Gasteiger partial charge in [-0.2, -0.15) is 0 Å². The van der Waals surface area contributed by atoms with Gasteiger partial charge in [0.05, 0.1) is 25.3 Å². The van der Waals surface area contributed by atoms with E-state index in [1.54, 1.807) is 10.5 Å². The molecule has 6 heteroatoms. The van der Waals surface area contributed by atoms with Crippen LogP contribution in [-0.4, -0.2) is 21.9 Å². The van der Waals surface area contributed by atoms with Gasteiger partial charge in [-0.25, -0.2) is 4.98 Å². The summed E-state index contributed by atoms with van der Waals surface area (Å²) >= 11 is 6.10. The first kappa shape index (κ1) is 16.3. The number of nitrogens with zero attached hydrogens (tertiary/aromatic N) is 2. The third-order valence-electron chi connectivity index (χ3n) is 3.56. The van der Waals surface area contributed by atoms with Crippen LogP contribution in [0.2, 0.25) is 5.15 Å². The molecule has 0 fully saturated rings. The minimum atomic E-state index is -0.0534. The number of aromatic nitrogens is 2. The summed E-state index contributed by atoms with van der Waals surface area (Å²) in [7, 11) is 0. The van der Waals surface area contributed by atoms with Crippen LogP contribution in [0, 0.1) is 0 Å². The topological polar surface area (TPSA) is 55.6 Å². The van der Waals surface area contributed by atoms with Crippen LogP contribution < -0.4 is 10.1 Å². The summed E-state index contributed by atoms with van der Waals surface area (Å²) in [5.74, 6) is 0.755. The zero-order chi connectivity index (χ0) is 16.9. The SMILES string of the molecule is CCOc1ccc(CC(=O)NCc2cn3c(Cl)cccc3n2)cc1. The highest BCUT2D eigenvalue weighted by Gasteiger charge is 2.07. The fraction of sp³-hybridized carbons (Fsp3) is 0.222. The maximum Gasteiger partial charge on any atom is 0.224 e. The van der Waals surface area contributed by atoms with Crippen molar-refractivity contribution in [2.24, 2.45) is 0 Å². The van der Waals surface area contributed by atoms with E-state index in [-0.39, 0.29) is 5.91 Å². The zero-order valence-electron chi connectivity index (χ0n) is 13.3. The summed E-state index contributed by atoms with van der Waals surface area (Å²) in [6.07, 6.45) is 2.15. The Balaban J connectivity index is 1.57. The first-order chi connectivity index (χ1) is 11.7. The lowest BCUT2D eigenvalue weighted by molar-refractivity contribution is -0.120. The molecular formula is C18H18ClN3O2. The van der Waals surface area contributed by atoms with Crippen molar-refractivity contribution in [3.8, 4) is 5.75 Å². The van der Waals surface area contributed by atoms with Crippen molar-refractivity contribution in [3.05, 3.63) is 65.1 Å². The average Bonchev–Trinajstić information content (AvgIpc) is 3.00. The highest BCUT2D eigenvalue weighted by atomic mass is 35.5. The molecule has 1 N–H and O–H groups in total. The van der Waals surface area contributed by atoms with Crippen molar-refractivity contribution in [1.82, 2.24) is 14.7 Å². The van der Waals surface area contributed by atoms with E-state index in [1.807, 2.05) is 49.5 Å². The maximum absolute atomic E-state index is 12.1. The second kappa shape index (κ2) is 7.36. The molecule has 24 heavy (non-hydrogen) atoms. The fourth-order valence-corrected chi connectivity index (χ4v) is 2.63. The van der Waals surface area contributed by atoms with Crippen molar-refractivity contribution in [1.29, 1.82) is 0 Å². The third kappa shape index (κ3) is 3.86. The molecule has 0 bridgehead atoms. The normalized spacial score (nSPS) is 10.8. The van der Waals surface area contributed by atoms with Gasteiger partial charge in [-0.15, -0.1) is 0 Å². The van der Waals surface area contributed by atoms with E-state index >= 15 is 0 Å². The zero-order valence-corrected chi connectivity index (χ0v) is 14.1. The highest BCUT2D eigenvalue weighted by molar-refractivity contribution is 6.29. The molecule has 0 saturated carbocycles. The monoisotopic (exact) mass is 343 g/mol. The van der Waals surface area contributed by atoms with Crippen molar-refractivity contribution in [2.75, 3.05) is 6.61 Å². The van der Waals surface area contributed by atoms with Gasteiger partial charge in [0.1, 0.15) is 16.5 Å². The Morgan fingerprint density at radius 3 is 2.75 bits per heavy atom.